The average Bonchev–Trinajstić information content (AvgIpc) is 3.51. The molecule has 162 valence electrons. The van der Waals surface area contributed by atoms with Crippen molar-refractivity contribution in [3.8, 4) is 0 Å². The van der Waals surface area contributed by atoms with Crippen molar-refractivity contribution >= 4 is 28.5 Å². The van der Waals surface area contributed by atoms with Gasteiger partial charge in [0, 0.05) is 18.4 Å². The number of hydrazone groups is 1. The third kappa shape index (κ3) is 4.54. The maximum atomic E-state index is 13.2. The number of hydrogen-bond acceptors (Lipinski definition) is 6. The summed E-state index contributed by atoms with van der Waals surface area (Å²) in [7, 11) is 0. The molecule has 1 aromatic carbocycles. The predicted molar refractivity (Wildman–Crippen MR) is 116 cm³/mol. The van der Waals surface area contributed by atoms with Crippen molar-refractivity contribution < 1.29 is 18.4 Å². The van der Waals surface area contributed by atoms with Crippen LogP contribution in [0, 0.1) is 0 Å². The van der Waals surface area contributed by atoms with Crippen molar-refractivity contribution in [1.29, 1.82) is 0 Å². The summed E-state index contributed by atoms with van der Waals surface area (Å²) in [4.78, 5) is 26.9. The molecule has 0 bridgehead atoms. The highest BCUT2D eigenvalue weighted by Gasteiger charge is 2.36. The Morgan fingerprint density at radius 3 is 2.74 bits per heavy atom. The zero-order chi connectivity index (χ0) is 21.8. The molecule has 0 radical (unpaired) electrons. The van der Waals surface area contributed by atoms with E-state index in [4.69, 9.17) is 8.83 Å². The van der Waals surface area contributed by atoms with E-state index in [1.807, 2.05) is 50.2 Å². The van der Waals surface area contributed by atoms with Crippen LogP contribution in [0.5, 0.6) is 0 Å². The molecule has 0 fully saturated rings. The molecule has 4 rings (SSSR count). The monoisotopic (exact) mass is 422 g/mol. The Hall–Kier alpha value is -3.39. The lowest BCUT2D eigenvalue weighted by Gasteiger charge is -2.24. The molecule has 1 aliphatic rings. The van der Waals surface area contributed by atoms with E-state index in [0.29, 0.717) is 36.7 Å². The van der Waals surface area contributed by atoms with Crippen LogP contribution in [0.25, 0.3) is 11.0 Å². The lowest BCUT2D eigenvalue weighted by Crippen LogP contribution is -2.43. The van der Waals surface area contributed by atoms with Crippen molar-refractivity contribution in [3.05, 3.63) is 60.2 Å². The number of furan rings is 2. The van der Waals surface area contributed by atoms with Gasteiger partial charge >= 0.3 is 0 Å². The van der Waals surface area contributed by atoms with E-state index < -0.39 is 0 Å². The molecule has 2 amide bonds. The number of benzene rings is 1. The highest BCUT2D eigenvalue weighted by molar-refractivity contribution is 6.03. The van der Waals surface area contributed by atoms with Gasteiger partial charge in [0.05, 0.1) is 19.4 Å². The topological polar surface area (TPSA) is 91.3 Å². The Morgan fingerprint density at radius 1 is 1.19 bits per heavy atom. The van der Waals surface area contributed by atoms with E-state index in [0.717, 1.165) is 11.0 Å². The molecule has 0 saturated heterocycles. The SMILES string of the molecule is CCNC(=O)CN(CC)CC(=O)N1N=C(c2cc3ccccc3o2)C[C@@H]1c1ccco1. The molecule has 1 aliphatic heterocycles. The molecule has 0 unspecified atom stereocenters. The van der Waals surface area contributed by atoms with Crippen LogP contribution >= 0.6 is 0 Å². The fourth-order valence-corrected chi connectivity index (χ4v) is 3.72. The first-order chi connectivity index (χ1) is 15.1. The summed E-state index contributed by atoms with van der Waals surface area (Å²) in [6, 6.07) is 13.0. The highest BCUT2D eigenvalue weighted by atomic mass is 16.3. The third-order valence-corrected chi connectivity index (χ3v) is 5.29. The normalized spacial score (nSPS) is 16.2. The summed E-state index contributed by atoms with van der Waals surface area (Å²) in [5, 5.41) is 9.82. The highest BCUT2D eigenvalue weighted by Crippen LogP contribution is 2.34. The average molecular weight is 422 g/mol. The van der Waals surface area contributed by atoms with Gasteiger partial charge in [-0.3, -0.25) is 14.5 Å². The van der Waals surface area contributed by atoms with Crippen LogP contribution < -0.4 is 5.32 Å². The minimum absolute atomic E-state index is 0.0851. The van der Waals surface area contributed by atoms with Gasteiger partial charge in [0.15, 0.2) is 5.76 Å². The summed E-state index contributed by atoms with van der Waals surface area (Å²) in [5.41, 5.74) is 1.47. The molecule has 2 aromatic heterocycles. The van der Waals surface area contributed by atoms with E-state index >= 15 is 0 Å². The smallest absolute Gasteiger partial charge is 0.257 e. The van der Waals surface area contributed by atoms with E-state index in [9.17, 15) is 9.59 Å². The fourth-order valence-electron chi connectivity index (χ4n) is 3.72. The van der Waals surface area contributed by atoms with Gasteiger partial charge in [0.25, 0.3) is 5.91 Å². The molecule has 31 heavy (non-hydrogen) atoms. The first kappa shape index (κ1) is 20.9. The maximum absolute atomic E-state index is 13.2. The first-order valence-corrected chi connectivity index (χ1v) is 10.5. The first-order valence-electron chi connectivity index (χ1n) is 10.5. The van der Waals surface area contributed by atoms with Crippen molar-refractivity contribution in [2.45, 2.75) is 26.3 Å². The van der Waals surface area contributed by atoms with Crippen molar-refractivity contribution in [3.63, 3.8) is 0 Å². The van der Waals surface area contributed by atoms with Crippen LogP contribution in [-0.2, 0) is 9.59 Å². The number of likely N-dealkylation sites (N-methyl/N-ethyl adjacent to an activating group) is 2. The standard InChI is InChI=1S/C23H26N4O4/c1-3-24-22(28)14-26(4-2)15-23(29)27-18(20-10-7-11-30-20)13-17(25-27)21-12-16-8-5-6-9-19(16)31-21/h5-12,18H,3-4,13-15H2,1-2H3,(H,24,28)/t18-/m1/s1. The molecule has 8 nitrogen and oxygen atoms in total. The molecule has 1 N–H and O–H groups in total. The molecule has 0 saturated carbocycles. The minimum atomic E-state index is -0.353. The number of rotatable bonds is 8. The van der Waals surface area contributed by atoms with Crippen LogP contribution in [-0.4, -0.2) is 53.6 Å². The van der Waals surface area contributed by atoms with Gasteiger partial charge in [0.1, 0.15) is 23.1 Å². The summed E-state index contributed by atoms with van der Waals surface area (Å²) in [6.45, 7) is 5.16. The van der Waals surface area contributed by atoms with Gasteiger partial charge in [-0.2, -0.15) is 5.10 Å². The maximum Gasteiger partial charge on any atom is 0.257 e. The second kappa shape index (κ2) is 9.18. The molecule has 0 aliphatic carbocycles. The van der Waals surface area contributed by atoms with Gasteiger partial charge < -0.3 is 14.2 Å². The second-order valence-electron chi connectivity index (χ2n) is 7.43. The van der Waals surface area contributed by atoms with Crippen molar-refractivity contribution in [1.82, 2.24) is 15.2 Å². The van der Waals surface area contributed by atoms with Gasteiger partial charge in [-0.05, 0) is 37.7 Å². The summed E-state index contributed by atoms with van der Waals surface area (Å²) in [6.07, 6.45) is 2.08. The van der Waals surface area contributed by atoms with Gasteiger partial charge in [-0.25, -0.2) is 5.01 Å². The van der Waals surface area contributed by atoms with Gasteiger partial charge in [-0.1, -0.05) is 25.1 Å². The molecule has 8 heteroatoms. The van der Waals surface area contributed by atoms with Crippen LogP contribution in [0.3, 0.4) is 0 Å². The van der Waals surface area contributed by atoms with Crippen LogP contribution in [0.4, 0.5) is 0 Å². The number of nitrogens with one attached hydrogen (secondary N) is 1. The number of nitrogens with zero attached hydrogens (tertiary/aromatic N) is 3. The quantitative estimate of drug-likeness (QED) is 0.602. The Balaban J connectivity index is 1.57. The van der Waals surface area contributed by atoms with Crippen LogP contribution in [0.1, 0.15) is 37.8 Å². The molecule has 3 heterocycles. The van der Waals surface area contributed by atoms with Crippen molar-refractivity contribution in [2.75, 3.05) is 26.2 Å². The molecule has 0 spiro atoms. The molecular weight excluding hydrogens is 396 g/mol. The molecule has 1 atom stereocenters. The van der Waals surface area contributed by atoms with E-state index in [-0.39, 0.29) is 30.9 Å². The van der Waals surface area contributed by atoms with E-state index in [2.05, 4.69) is 10.4 Å². The Bertz CT molecular complexity index is 1050. The summed E-state index contributed by atoms with van der Waals surface area (Å²) in [5.74, 6) is 1.00. The largest absolute Gasteiger partial charge is 0.467 e. The second-order valence-corrected chi connectivity index (χ2v) is 7.43. The Morgan fingerprint density at radius 2 is 2.03 bits per heavy atom. The zero-order valence-corrected chi connectivity index (χ0v) is 17.7. The fraction of sp³-hybridized carbons (Fsp3) is 0.348. The van der Waals surface area contributed by atoms with E-state index in [1.165, 1.54) is 5.01 Å². The number of carbonyl (C=O) groups is 2. The lowest BCUT2D eigenvalue weighted by atomic mass is 10.1. The minimum Gasteiger partial charge on any atom is -0.467 e. The number of carbonyl (C=O) groups excluding carboxylic acids is 2. The summed E-state index contributed by atoms with van der Waals surface area (Å²) < 4.78 is 11.6. The van der Waals surface area contributed by atoms with Gasteiger partial charge in [-0.15, -0.1) is 0 Å². The number of para-hydroxylation sites is 1. The molecule has 3 aromatic rings. The Labute approximate surface area is 180 Å². The lowest BCUT2D eigenvalue weighted by molar-refractivity contribution is -0.135. The van der Waals surface area contributed by atoms with Crippen LogP contribution in [0.15, 0.2) is 62.7 Å². The number of hydrogen-bond donors (Lipinski definition) is 1. The predicted octanol–water partition coefficient (Wildman–Crippen LogP) is 3.16. The number of amides is 2. The summed E-state index contributed by atoms with van der Waals surface area (Å²) >= 11 is 0. The zero-order valence-electron chi connectivity index (χ0n) is 17.7. The number of fused-ring (bicyclic) bond motifs is 1. The van der Waals surface area contributed by atoms with Crippen molar-refractivity contribution in [2.24, 2.45) is 5.10 Å². The van der Waals surface area contributed by atoms with Gasteiger partial charge in [0.2, 0.25) is 5.91 Å². The third-order valence-electron chi connectivity index (χ3n) is 5.29. The van der Waals surface area contributed by atoms with E-state index in [1.54, 1.807) is 17.2 Å². The Kier molecular flexibility index (Phi) is 6.18. The molecular formula is C23H26N4O4. The van der Waals surface area contributed by atoms with Crippen LogP contribution in [0.2, 0.25) is 0 Å².